The lowest BCUT2D eigenvalue weighted by atomic mass is 9.97. The van der Waals surface area contributed by atoms with Crippen molar-refractivity contribution in [3.05, 3.63) is 104 Å². The number of hydrogen-bond donors (Lipinski definition) is 1. The third-order valence-corrected chi connectivity index (χ3v) is 4.59. The first-order chi connectivity index (χ1) is 14.6. The van der Waals surface area contributed by atoms with Crippen molar-refractivity contribution < 1.29 is 27.7 Å². The summed E-state index contributed by atoms with van der Waals surface area (Å²) in [6.45, 7) is 0. The Morgan fingerprint density at radius 2 is 1.61 bits per heavy atom. The molecule has 3 aromatic carbocycles. The van der Waals surface area contributed by atoms with Crippen LogP contribution in [-0.4, -0.2) is 16.6 Å². The van der Waals surface area contributed by atoms with E-state index in [0.717, 1.165) is 24.3 Å². The van der Waals surface area contributed by atoms with E-state index in [2.05, 4.69) is 5.32 Å². The van der Waals surface area contributed by atoms with Gasteiger partial charge in [0.1, 0.15) is 5.02 Å². The Balaban J connectivity index is 1.94. The maximum absolute atomic E-state index is 12.9. The van der Waals surface area contributed by atoms with Gasteiger partial charge in [0.05, 0.1) is 16.1 Å². The van der Waals surface area contributed by atoms with Gasteiger partial charge in [0.15, 0.2) is 5.78 Å². The van der Waals surface area contributed by atoms with Crippen LogP contribution in [0.4, 0.5) is 24.5 Å². The van der Waals surface area contributed by atoms with E-state index in [4.69, 9.17) is 11.6 Å². The molecule has 3 aromatic rings. The Bertz CT molecular complexity index is 1200. The smallest absolute Gasteiger partial charge is 0.322 e. The van der Waals surface area contributed by atoms with Crippen LogP contribution in [-0.2, 0) is 6.18 Å². The van der Waals surface area contributed by atoms with Crippen molar-refractivity contribution in [3.63, 3.8) is 0 Å². The van der Waals surface area contributed by atoms with Gasteiger partial charge >= 0.3 is 6.18 Å². The second-order valence-corrected chi connectivity index (χ2v) is 6.74. The summed E-state index contributed by atoms with van der Waals surface area (Å²) in [5.74, 6) is -1.50. The second-order valence-electron chi connectivity index (χ2n) is 6.33. The molecular weight excluding hydrogens is 437 g/mol. The van der Waals surface area contributed by atoms with Crippen LogP contribution in [0.2, 0.25) is 5.02 Å². The molecule has 0 heterocycles. The molecule has 0 aliphatic rings. The quantitative estimate of drug-likeness (QED) is 0.306. The fraction of sp³-hybridized carbons (Fsp3) is 0.0476. The van der Waals surface area contributed by atoms with Gasteiger partial charge in [0.2, 0.25) is 0 Å². The van der Waals surface area contributed by atoms with Gasteiger partial charge in [-0.3, -0.25) is 19.7 Å². The molecule has 10 heteroatoms. The monoisotopic (exact) mass is 448 g/mol. The minimum absolute atomic E-state index is 0.0737. The molecule has 0 fully saturated rings. The van der Waals surface area contributed by atoms with Gasteiger partial charge in [-0.2, -0.15) is 13.2 Å². The van der Waals surface area contributed by atoms with Crippen LogP contribution >= 0.6 is 11.6 Å². The lowest BCUT2D eigenvalue weighted by Crippen LogP contribution is -2.17. The van der Waals surface area contributed by atoms with Crippen molar-refractivity contribution in [1.29, 1.82) is 0 Å². The number of rotatable bonds is 5. The van der Waals surface area contributed by atoms with Gasteiger partial charge in [-0.1, -0.05) is 35.9 Å². The van der Waals surface area contributed by atoms with Gasteiger partial charge in [0, 0.05) is 22.9 Å². The fourth-order valence-electron chi connectivity index (χ4n) is 2.80. The number of nitrogens with zero attached hydrogens (tertiary/aromatic N) is 1. The number of nitro groups is 1. The summed E-state index contributed by atoms with van der Waals surface area (Å²) in [4.78, 5) is 35.9. The molecule has 0 saturated carbocycles. The number of carbonyl (C=O) groups is 2. The number of ketones is 1. The van der Waals surface area contributed by atoms with Crippen LogP contribution in [0.3, 0.4) is 0 Å². The summed E-state index contributed by atoms with van der Waals surface area (Å²) < 4.78 is 38.7. The van der Waals surface area contributed by atoms with E-state index in [0.29, 0.717) is 0 Å². The average Bonchev–Trinajstić information content (AvgIpc) is 2.73. The molecule has 158 valence electrons. The van der Waals surface area contributed by atoms with Crippen LogP contribution in [0, 0.1) is 10.1 Å². The van der Waals surface area contributed by atoms with Crippen LogP contribution in [0.1, 0.15) is 31.8 Å². The lowest BCUT2D eigenvalue weighted by molar-refractivity contribution is -0.384. The highest BCUT2D eigenvalue weighted by Crippen LogP contribution is 2.31. The van der Waals surface area contributed by atoms with E-state index in [9.17, 15) is 32.9 Å². The number of amides is 1. The van der Waals surface area contributed by atoms with Crippen molar-refractivity contribution in [3.8, 4) is 0 Å². The molecule has 0 atom stereocenters. The van der Waals surface area contributed by atoms with E-state index in [1.807, 2.05) is 0 Å². The molecule has 1 N–H and O–H groups in total. The minimum atomic E-state index is -4.59. The Hall–Kier alpha value is -3.72. The summed E-state index contributed by atoms with van der Waals surface area (Å²) in [5.41, 5.74) is -1.78. The van der Waals surface area contributed by atoms with Crippen molar-refractivity contribution >= 4 is 34.7 Å². The highest BCUT2D eigenvalue weighted by molar-refractivity contribution is 6.33. The van der Waals surface area contributed by atoms with E-state index in [1.165, 1.54) is 42.5 Å². The minimum Gasteiger partial charge on any atom is -0.322 e. The zero-order chi connectivity index (χ0) is 22.8. The molecule has 31 heavy (non-hydrogen) atoms. The first-order valence-corrected chi connectivity index (χ1v) is 9.02. The van der Waals surface area contributed by atoms with Crippen LogP contribution < -0.4 is 5.32 Å². The zero-order valence-electron chi connectivity index (χ0n) is 15.4. The van der Waals surface area contributed by atoms with Crippen molar-refractivity contribution in [1.82, 2.24) is 0 Å². The summed E-state index contributed by atoms with van der Waals surface area (Å²) in [6.07, 6.45) is -4.59. The molecule has 0 unspecified atom stereocenters. The highest BCUT2D eigenvalue weighted by atomic mass is 35.5. The lowest BCUT2D eigenvalue weighted by Gasteiger charge is -2.12. The van der Waals surface area contributed by atoms with Crippen molar-refractivity contribution in [2.75, 3.05) is 5.32 Å². The molecule has 0 aliphatic carbocycles. The van der Waals surface area contributed by atoms with Gasteiger partial charge in [-0.05, 0) is 36.4 Å². The van der Waals surface area contributed by atoms with E-state index in [-0.39, 0.29) is 27.4 Å². The Labute approximate surface area is 178 Å². The van der Waals surface area contributed by atoms with Crippen LogP contribution in [0.25, 0.3) is 0 Å². The average molecular weight is 449 g/mol. The van der Waals surface area contributed by atoms with Crippen LogP contribution in [0.5, 0.6) is 0 Å². The molecule has 0 spiro atoms. The van der Waals surface area contributed by atoms with Gasteiger partial charge in [-0.15, -0.1) is 0 Å². The third-order valence-electron chi connectivity index (χ3n) is 4.27. The number of anilines is 1. The molecule has 6 nitrogen and oxygen atoms in total. The topological polar surface area (TPSA) is 89.3 Å². The molecule has 0 aliphatic heterocycles. The Morgan fingerprint density at radius 1 is 0.935 bits per heavy atom. The van der Waals surface area contributed by atoms with Crippen molar-refractivity contribution in [2.45, 2.75) is 6.18 Å². The largest absolute Gasteiger partial charge is 0.416 e. The van der Waals surface area contributed by atoms with Gasteiger partial charge in [0.25, 0.3) is 11.6 Å². The number of alkyl halides is 3. The zero-order valence-corrected chi connectivity index (χ0v) is 16.2. The third kappa shape index (κ3) is 4.89. The number of benzene rings is 3. The summed E-state index contributed by atoms with van der Waals surface area (Å²) >= 11 is 5.76. The van der Waals surface area contributed by atoms with Crippen molar-refractivity contribution in [2.24, 2.45) is 0 Å². The first kappa shape index (κ1) is 22.0. The Kier molecular flexibility index (Phi) is 6.07. The fourth-order valence-corrected chi connectivity index (χ4v) is 2.99. The van der Waals surface area contributed by atoms with Gasteiger partial charge < -0.3 is 5.32 Å². The molecule has 0 bridgehead atoms. The van der Waals surface area contributed by atoms with Crippen LogP contribution in [0.15, 0.2) is 66.7 Å². The van der Waals surface area contributed by atoms with E-state index >= 15 is 0 Å². The molecule has 0 aromatic heterocycles. The predicted octanol–water partition coefficient (Wildman–Crippen LogP) is 5.75. The Morgan fingerprint density at radius 3 is 2.26 bits per heavy atom. The van der Waals surface area contributed by atoms with E-state index in [1.54, 1.807) is 0 Å². The molecule has 0 radical (unpaired) electrons. The summed E-state index contributed by atoms with van der Waals surface area (Å²) in [6, 6.07) is 13.1. The number of halogens is 4. The maximum atomic E-state index is 12.9. The van der Waals surface area contributed by atoms with E-state index < -0.39 is 34.0 Å². The SMILES string of the molecule is O=C(Nc1cccc(C(F)(F)F)c1)c1ccccc1C(=O)c1ccc(Cl)c([N+](=O)[O-])c1. The number of carbonyl (C=O) groups excluding carboxylic acids is 2. The molecule has 1 amide bonds. The normalized spacial score (nSPS) is 11.1. The predicted molar refractivity (Wildman–Crippen MR) is 107 cm³/mol. The number of hydrogen-bond acceptors (Lipinski definition) is 4. The highest BCUT2D eigenvalue weighted by Gasteiger charge is 2.30. The number of nitrogens with one attached hydrogen (secondary N) is 1. The first-order valence-electron chi connectivity index (χ1n) is 8.64. The molecule has 0 saturated heterocycles. The summed E-state index contributed by atoms with van der Waals surface area (Å²) in [7, 11) is 0. The molecule has 3 rings (SSSR count). The summed E-state index contributed by atoms with van der Waals surface area (Å²) in [5, 5.41) is 13.3. The second kappa shape index (κ2) is 8.57. The van der Waals surface area contributed by atoms with Gasteiger partial charge in [-0.25, -0.2) is 0 Å². The number of nitro benzene ring substituents is 1. The standard InChI is InChI=1S/C21H12ClF3N2O4/c22-17-9-8-12(10-18(17)27(30)31)19(28)15-6-1-2-7-16(15)20(29)26-14-5-3-4-13(11-14)21(23,24)25/h1-11H,(H,26,29). The maximum Gasteiger partial charge on any atom is 0.416 e. The molecular formula is C21H12ClF3N2O4.